The summed E-state index contributed by atoms with van der Waals surface area (Å²) in [5.41, 5.74) is 0.941. The molecule has 0 aromatic heterocycles. The van der Waals surface area contributed by atoms with Gasteiger partial charge in [0.25, 0.3) is 0 Å². The standard InChI is InChI=1S/C15H11BrClFO2/c1-20-11-3-4-13(16)12(8-11)15(19)7-9-6-10(18)2-5-14(9)17/h2-6,8H,7H2,1H3. The number of halogens is 3. The number of ether oxygens (including phenoxy) is 1. The van der Waals surface area contributed by atoms with Crippen LogP contribution in [-0.2, 0) is 6.42 Å². The molecule has 0 radical (unpaired) electrons. The molecule has 104 valence electrons. The van der Waals surface area contributed by atoms with Crippen molar-refractivity contribution in [2.75, 3.05) is 7.11 Å². The fourth-order valence-electron chi connectivity index (χ4n) is 1.79. The molecule has 0 amide bonds. The molecule has 2 rings (SSSR count). The minimum absolute atomic E-state index is 0.0301. The van der Waals surface area contributed by atoms with Gasteiger partial charge in [-0.1, -0.05) is 27.5 Å². The third kappa shape index (κ3) is 3.38. The van der Waals surface area contributed by atoms with Gasteiger partial charge in [0.1, 0.15) is 11.6 Å². The van der Waals surface area contributed by atoms with Crippen LogP contribution in [0.25, 0.3) is 0 Å². The van der Waals surface area contributed by atoms with E-state index in [1.165, 1.54) is 25.3 Å². The molecule has 0 aliphatic carbocycles. The van der Waals surface area contributed by atoms with Crippen molar-refractivity contribution < 1.29 is 13.9 Å². The van der Waals surface area contributed by atoms with E-state index in [9.17, 15) is 9.18 Å². The fraction of sp³-hybridized carbons (Fsp3) is 0.133. The minimum Gasteiger partial charge on any atom is -0.497 e. The average Bonchev–Trinajstić information content (AvgIpc) is 2.43. The topological polar surface area (TPSA) is 26.3 Å². The maximum atomic E-state index is 13.2. The van der Waals surface area contributed by atoms with Crippen LogP contribution in [0.4, 0.5) is 4.39 Å². The van der Waals surface area contributed by atoms with E-state index in [2.05, 4.69) is 15.9 Å². The van der Waals surface area contributed by atoms with Crippen LogP contribution in [0, 0.1) is 5.82 Å². The molecule has 20 heavy (non-hydrogen) atoms. The normalized spacial score (nSPS) is 10.4. The van der Waals surface area contributed by atoms with Crippen LogP contribution < -0.4 is 4.74 Å². The zero-order valence-electron chi connectivity index (χ0n) is 10.6. The van der Waals surface area contributed by atoms with Crippen molar-refractivity contribution in [3.63, 3.8) is 0 Å². The molecule has 0 aliphatic rings. The first-order chi connectivity index (χ1) is 9.51. The Labute approximate surface area is 129 Å². The molecule has 0 N–H and O–H groups in total. The van der Waals surface area contributed by atoms with Crippen molar-refractivity contribution in [1.29, 1.82) is 0 Å². The minimum atomic E-state index is -0.415. The summed E-state index contributed by atoms with van der Waals surface area (Å²) in [5, 5.41) is 0.374. The van der Waals surface area contributed by atoms with E-state index in [1.54, 1.807) is 18.2 Å². The quantitative estimate of drug-likeness (QED) is 0.743. The van der Waals surface area contributed by atoms with Crippen molar-refractivity contribution in [1.82, 2.24) is 0 Å². The van der Waals surface area contributed by atoms with E-state index in [0.717, 1.165) is 0 Å². The molecule has 2 nitrogen and oxygen atoms in total. The number of benzene rings is 2. The molecule has 0 bridgehead atoms. The number of carbonyl (C=O) groups excluding carboxylic acids is 1. The Morgan fingerprint density at radius 2 is 2.05 bits per heavy atom. The van der Waals surface area contributed by atoms with Gasteiger partial charge in [-0.25, -0.2) is 4.39 Å². The summed E-state index contributed by atoms with van der Waals surface area (Å²) in [6.07, 6.45) is 0.0301. The summed E-state index contributed by atoms with van der Waals surface area (Å²) < 4.78 is 19.0. The second-order valence-electron chi connectivity index (χ2n) is 4.18. The molecule has 0 atom stereocenters. The van der Waals surface area contributed by atoms with E-state index in [0.29, 0.717) is 26.4 Å². The summed E-state index contributed by atoms with van der Waals surface area (Å²) in [6, 6.07) is 9.10. The predicted octanol–water partition coefficient (Wildman–Crippen LogP) is 4.68. The first kappa shape index (κ1) is 15.0. The van der Waals surface area contributed by atoms with Gasteiger partial charge in [0.2, 0.25) is 0 Å². The van der Waals surface area contributed by atoms with E-state index in [-0.39, 0.29) is 12.2 Å². The third-order valence-corrected chi connectivity index (χ3v) is 3.89. The third-order valence-electron chi connectivity index (χ3n) is 2.83. The lowest BCUT2D eigenvalue weighted by Crippen LogP contribution is -2.05. The van der Waals surface area contributed by atoms with Gasteiger partial charge in [-0.05, 0) is 42.0 Å². The average molecular weight is 358 g/mol. The lowest BCUT2D eigenvalue weighted by Gasteiger charge is -2.08. The van der Waals surface area contributed by atoms with Crippen molar-refractivity contribution in [3.05, 3.63) is 62.8 Å². The molecule has 5 heteroatoms. The Balaban J connectivity index is 2.30. The van der Waals surface area contributed by atoms with Gasteiger partial charge in [-0.2, -0.15) is 0 Å². The van der Waals surface area contributed by atoms with Crippen LogP contribution in [0.2, 0.25) is 5.02 Å². The summed E-state index contributed by atoms with van der Waals surface area (Å²) in [4.78, 5) is 12.3. The highest BCUT2D eigenvalue weighted by atomic mass is 79.9. The molecule has 0 saturated carbocycles. The molecule has 0 spiro atoms. The SMILES string of the molecule is COc1ccc(Br)c(C(=O)Cc2cc(F)ccc2Cl)c1. The van der Waals surface area contributed by atoms with Crippen molar-refractivity contribution in [2.24, 2.45) is 0 Å². The van der Waals surface area contributed by atoms with Gasteiger partial charge in [0, 0.05) is 21.5 Å². The molecule has 2 aromatic rings. The van der Waals surface area contributed by atoms with Crippen molar-refractivity contribution in [3.8, 4) is 5.75 Å². The summed E-state index contributed by atoms with van der Waals surface area (Å²) in [7, 11) is 1.53. The number of hydrogen-bond acceptors (Lipinski definition) is 2. The number of Topliss-reactive ketones (excluding diaryl/α,β-unsaturated/α-hetero) is 1. The number of hydrogen-bond donors (Lipinski definition) is 0. The molecule has 2 aromatic carbocycles. The summed E-state index contributed by atoms with van der Waals surface area (Å²) in [5.74, 6) is 0.00655. The molecule has 0 saturated heterocycles. The van der Waals surface area contributed by atoms with Gasteiger partial charge in [-0.3, -0.25) is 4.79 Å². The Kier molecular flexibility index (Phi) is 4.78. The monoisotopic (exact) mass is 356 g/mol. The zero-order valence-corrected chi connectivity index (χ0v) is 13.0. The number of ketones is 1. The molecule has 0 unspecified atom stereocenters. The summed E-state index contributed by atoms with van der Waals surface area (Å²) in [6.45, 7) is 0. The van der Waals surface area contributed by atoms with Gasteiger partial charge in [0.15, 0.2) is 5.78 Å². The van der Waals surface area contributed by atoms with Crippen LogP contribution in [0.15, 0.2) is 40.9 Å². The number of rotatable bonds is 4. The van der Waals surface area contributed by atoms with Crippen LogP contribution in [0.5, 0.6) is 5.75 Å². The molecular weight excluding hydrogens is 347 g/mol. The van der Waals surface area contributed by atoms with Crippen LogP contribution in [-0.4, -0.2) is 12.9 Å². The maximum Gasteiger partial charge on any atom is 0.168 e. The van der Waals surface area contributed by atoms with Crippen LogP contribution in [0.3, 0.4) is 0 Å². The van der Waals surface area contributed by atoms with Crippen molar-refractivity contribution >= 4 is 33.3 Å². The first-order valence-electron chi connectivity index (χ1n) is 5.82. The number of methoxy groups -OCH3 is 1. The lowest BCUT2D eigenvalue weighted by atomic mass is 10.0. The number of carbonyl (C=O) groups is 1. The van der Waals surface area contributed by atoms with E-state index in [1.807, 2.05) is 0 Å². The summed E-state index contributed by atoms with van der Waals surface area (Å²) >= 11 is 9.29. The van der Waals surface area contributed by atoms with Gasteiger partial charge in [-0.15, -0.1) is 0 Å². The molecule has 0 heterocycles. The molecule has 0 aliphatic heterocycles. The highest BCUT2D eigenvalue weighted by Crippen LogP contribution is 2.25. The zero-order chi connectivity index (χ0) is 14.7. The Morgan fingerprint density at radius 3 is 2.75 bits per heavy atom. The molecular formula is C15H11BrClFO2. The Bertz CT molecular complexity index is 658. The Hall–Kier alpha value is -1.39. The van der Waals surface area contributed by atoms with Gasteiger partial charge < -0.3 is 4.74 Å². The largest absolute Gasteiger partial charge is 0.497 e. The smallest absolute Gasteiger partial charge is 0.168 e. The fourth-order valence-corrected chi connectivity index (χ4v) is 2.44. The second kappa shape index (κ2) is 6.37. The van der Waals surface area contributed by atoms with E-state index < -0.39 is 5.82 Å². The second-order valence-corrected chi connectivity index (χ2v) is 5.44. The maximum absolute atomic E-state index is 13.2. The van der Waals surface area contributed by atoms with E-state index >= 15 is 0 Å². The molecule has 0 fully saturated rings. The Morgan fingerprint density at radius 1 is 1.30 bits per heavy atom. The van der Waals surface area contributed by atoms with Crippen LogP contribution in [0.1, 0.15) is 15.9 Å². The van der Waals surface area contributed by atoms with Crippen LogP contribution >= 0.6 is 27.5 Å². The highest BCUT2D eigenvalue weighted by Gasteiger charge is 2.14. The lowest BCUT2D eigenvalue weighted by molar-refractivity contribution is 0.0992. The highest BCUT2D eigenvalue weighted by molar-refractivity contribution is 9.10. The van der Waals surface area contributed by atoms with Crippen molar-refractivity contribution in [2.45, 2.75) is 6.42 Å². The van der Waals surface area contributed by atoms with E-state index in [4.69, 9.17) is 16.3 Å². The predicted molar refractivity (Wildman–Crippen MR) is 80.1 cm³/mol. The van der Waals surface area contributed by atoms with Gasteiger partial charge >= 0.3 is 0 Å². The first-order valence-corrected chi connectivity index (χ1v) is 6.99. The van der Waals surface area contributed by atoms with Gasteiger partial charge in [0.05, 0.1) is 7.11 Å².